The first kappa shape index (κ1) is 12.7. The van der Waals surface area contributed by atoms with E-state index in [1.807, 2.05) is 0 Å². The third kappa shape index (κ3) is 3.15. The Morgan fingerprint density at radius 2 is 1.95 bits per heavy atom. The van der Waals surface area contributed by atoms with E-state index >= 15 is 0 Å². The number of rotatable bonds is 2. The molecule has 1 heterocycles. The van der Waals surface area contributed by atoms with Crippen LogP contribution in [-0.4, -0.2) is 28.7 Å². The Morgan fingerprint density at radius 1 is 1.26 bits per heavy atom. The summed E-state index contributed by atoms with van der Waals surface area (Å²) in [6.45, 7) is 1.32. The quantitative estimate of drug-likeness (QED) is 0.785. The summed E-state index contributed by atoms with van der Waals surface area (Å²) >= 11 is 0. The van der Waals surface area contributed by atoms with Gasteiger partial charge in [-0.3, -0.25) is 14.4 Å². The highest BCUT2D eigenvalue weighted by Crippen LogP contribution is 2.05. The molecule has 98 valence electrons. The minimum absolute atomic E-state index is 0.0470. The SMILES string of the molecule is CC(=O)NC1=NN(NC(=O)c2ccccc2)C(=O)C1. The van der Waals surface area contributed by atoms with Crippen molar-refractivity contribution in [2.75, 3.05) is 0 Å². The van der Waals surface area contributed by atoms with Crippen molar-refractivity contribution in [1.29, 1.82) is 0 Å². The molecule has 0 aliphatic carbocycles. The predicted octanol–water partition coefficient (Wildman–Crippen LogP) is 0.0133. The van der Waals surface area contributed by atoms with Crippen molar-refractivity contribution in [2.24, 2.45) is 5.10 Å². The first-order valence-electron chi connectivity index (χ1n) is 5.60. The Labute approximate surface area is 109 Å². The van der Waals surface area contributed by atoms with Gasteiger partial charge in [-0.15, -0.1) is 10.2 Å². The van der Waals surface area contributed by atoms with Gasteiger partial charge in [-0.2, -0.15) is 0 Å². The van der Waals surface area contributed by atoms with Crippen LogP contribution in [0, 0.1) is 0 Å². The minimum Gasteiger partial charge on any atom is -0.312 e. The Balaban J connectivity index is 2.03. The molecule has 2 rings (SSSR count). The first-order valence-corrected chi connectivity index (χ1v) is 5.60. The molecule has 1 aliphatic rings. The lowest BCUT2D eigenvalue weighted by Crippen LogP contribution is -2.40. The maximum absolute atomic E-state index is 11.8. The molecule has 0 atom stereocenters. The van der Waals surface area contributed by atoms with Gasteiger partial charge in [0, 0.05) is 12.5 Å². The lowest BCUT2D eigenvalue weighted by Gasteiger charge is -2.12. The van der Waals surface area contributed by atoms with E-state index in [9.17, 15) is 14.4 Å². The molecule has 1 aliphatic heterocycles. The number of carbonyl (C=O) groups is 3. The topological polar surface area (TPSA) is 90.9 Å². The van der Waals surface area contributed by atoms with Gasteiger partial charge in [-0.25, -0.2) is 5.43 Å². The molecule has 0 radical (unpaired) electrons. The summed E-state index contributed by atoms with van der Waals surface area (Å²) in [5, 5.41) is 7.06. The number of nitrogens with one attached hydrogen (secondary N) is 2. The van der Waals surface area contributed by atoms with Crippen LogP contribution in [0.15, 0.2) is 35.4 Å². The van der Waals surface area contributed by atoms with Crippen molar-refractivity contribution in [1.82, 2.24) is 15.9 Å². The van der Waals surface area contributed by atoms with Gasteiger partial charge in [-0.05, 0) is 12.1 Å². The highest BCUT2D eigenvalue weighted by atomic mass is 16.2. The zero-order valence-corrected chi connectivity index (χ0v) is 10.2. The molecule has 0 spiro atoms. The van der Waals surface area contributed by atoms with Crippen molar-refractivity contribution < 1.29 is 14.4 Å². The van der Waals surface area contributed by atoms with E-state index in [-0.39, 0.29) is 18.2 Å². The molecular formula is C12H12N4O3. The van der Waals surface area contributed by atoms with Crippen LogP contribution in [0.25, 0.3) is 0 Å². The van der Waals surface area contributed by atoms with Crippen LogP contribution < -0.4 is 10.7 Å². The van der Waals surface area contributed by atoms with Crippen LogP contribution in [0.5, 0.6) is 0 Å². The molecule has 0 bridgehead atoms. The second-order valence-electron chi connectivity index (χ2n) is 3.92. The Hall–Kier alpha value is -2.70. The molecule has 1 aromatic carbocycles. The maximum Gasteiger partial charge on any atom is 0.271 e. The zero-order chi connectivity index (χ0) is 13.8. The largest absolute Gasteiger partial charge is 0.312 e. The van der Waals surface area contributed by atoms with Crippen molar-refractivity contribution >= 4 is 23.6 Å². The molecule has 0 saturated carbocycles. The molecule has 1 aromatic rings. The van der Waals surface area contributed by atoms with E-state index in [0.717, 1.165) is 5.12 Å². The number of carbonyl (C=O) groups excluding carboxylic acids is 3. The Kier molecular flexibility index (Phi) is 3.56. The number of hydrogen-bond donors (Lipinski definition) is 2. The van der Waals surface area contributed by atoms with E-state index in [1.54, 1.807) is 30.3 Å². The predicted molar refractivity (Wildman–Crippen MR) is 66.6 cm³/mol. The summed E-state index contributed by atoms with van der Waals surface area (Å²) in [6.07, 6.45) is -0.0470. The molecule has 0 unspecified atom stereocenters. The van der Waals surface area contributed by atoms with Gasteiger partial charge in [0.2, 0.25) is 5.91 Å². The smallest absolute Gasteiger partial charge is 0.271 e. The molecule has 7 heteroatoms. The van der Waals surface area contributed by atoms with Crippen molar-refractivity contribution in [3.63, 3.8) is 0 Å². The fourth-order valence-corrected chi connectivity index (χ4v) is 1.54. The molecule has 0 saturated heterocycles. The van der Waals surface area contributed by atoms with Crippen LogP contribution >= 0.6 is 0 Å². The first-order chi connectivity index (χ1) is 9.06. The third-order valence-corrected chi connectivity index (χ3v) is 2.34. The number of benzene rings is 1. The highest BCUT2D eigenvalue weighted by molar-refractivity contribution is 6.09. The minimum atomic E-state index is -0.443. The van der Waals surface area contributed by atoms with Crippen LogP contribution in [0.2, 0.25) is 0 Å². The summed E-state index contributed by atoms with van der Waals surface area (Å²) in [5.74, 6) is -0.955. The summed E-state index contributed by atoms with van der Waals surface area (Å²) in [7, 11) is 0. The van der Waals surface area contributed by atoms with Gasteiger partial charge in [0.15, 0.2) is 0 Å². The van der Waals surface area contributed by atoms with Gasteiger partial charge < -0.3 is 5.32 Å². The van der Waals surface area contributed by atoms with Gasteiger partial charge in [0.25, 0.3) is 11.8 Å². The summed E-state index contributed by atoms with van der Waals surface area (Å²) in [5.41, 5.74) is 2.77. The van der Waals surface area contributed by atoms with Gasteiger partial charge in [-0.1, -0.05) is 18.2 Å². The molecule has 0 fully saturated rings. The molecule has 0 aromatic heterocycles. The summed E-state index contributed by atoms with van der Waals surface area (Å²) in [4.78, 5) is 34.2. The number of hydrazone groups is 1. The second kappa shape index (κ2) is 5.30. The van der Waals surface area contributed by atoms with Crippen molar-refractivity contribution in [2.45, 2.75) is 13.3 Å². The van der Waals surface area contributed by atoms with Crippen molar-refractivity contribution in [3.05, 3.63) is 35.9 Å². The Morgan fingerprint density at radius 3 is 2.58 bits per heavy atom. The highest BCUT2D eigenvalue weighted by Gasteiger charge is 2.26. The summed E-state index contributed by atoms with van der Waals surface area (Å²) < 4.78 is 0. The van der Waals surface area contributed by atoms with Crippen LogP contribution in [0.3, 0.4) is 0 Å². The monoisotopic (exact) mass is 260 g/mol. The van der Waals surface area contributed by atoms with E-state index in [0.29, 0.717) is 5.56 Å². The molecule has 19 heavy (non-hydrogen) atoms. The maximum atomic E-state index is 11.8. The Bertz CT molecular complexity index is 553. The zero-order valence-electron chi connectivity index (χ0n) is 10.2. The van der Waals surface area contributed by atoms with Gasteiger partial charge in [0.1, 0.15) is 5.84 Å². The molecule has 7 nitrogen and oxygen atoms in total. The third-order valence-electron chi connectivity index (χ3n) is 2.34. The van der Waals surface area contributed by atoms with E-state index < -0.39 is 11.8 Å². The lowest BCUT2D eigenvalue weighted by atomic mass is 10.2. The fraction of sp³-hybridized carbons (Fsp3) is 0.167. The molecular weight excluding hydrogens is 248 g/mol. The number of nitrogens with zero attached hydrogens (tertiary/aromatic N) is 2. The average Bonchev–Trinajstić information content (AvgIpc) is 2.69. The van der Waals surface area contributed by atoms with E-state index in [1.165, 1.54) is 6.92 Å². The van der Waals surface area contributed by atoms with Gasteiger partial charge in [0.05, 0.1) is 6.42 Å². The number of hydrogen-bond acceptors (Lipinski definition) is 4. The second-order valence-corrected chi connectivity index (χ2v) is 3.92. The molecule has 3 amide bonds. The molecule has 2 N–H and O–H groups in total. The fourth-order valence-electron chi connectivity index (χ4n) is 1.54. The average molecular weight is 260 g/mol. The number of hydrazine groups is 1. The number of amides is 3. The standard InChI is InChI=1S/C12H12N4O3/c1-8(17)13-10-7-11(18)16(14-10)15-12(19)9-5-3-2-4-6-9/h2-6H,7H2,1H3,(H,15,19)(H,13,14,17). The lowest BCUT2D eigenvalue weighted by molar-refractivity contribution is -0.130. The number of amidine groups is 1. The van der Waals surface area contributed by atoms with Crippen molar-refractivity contribution in [3.8, 4) is 0 Å². The normalized spacial score (nSPS) is 14.1. The van der Waals surface area contributed by atoms with E-state index in [4.69, 9.17) is 0 Å². The summed E-state index contributed by atoms with van der Waals surface area (Å²) in [6, 6.07) is 8.45. The van der Waals surface area contributed by atoms with Gasteiger partial charge >= 0.3 is 0 Å². The van der Waals surface area contributed by atoms with Crippen LogP contribution in [-0.2, 0) is 9.59 Å². The van der Waals surface area contributed by atoms with E-state index in [2.05, 4.69) is 15.8 Å². The van der Waals surface area contributed by atoms with Crippen LogP contribution in [0.4, 0.5) is 0 Å². The van der Waals surface area contributed by atoms with Crippen LogP contribution in [0.1, 0.15) is 23.7 Å².